The van der Waals surface area contributed by atoms with Crippen molar-refractivity contribution in [3.63, 3.8) is 0 Å². The van der Waals surface area contributed by atoms with Gasteiger partial charge in [-0.25, -0.2) is 0 Å². The lowest BCUT2D eigenvalue weighted by Gasteiger charge is -2.16. The molecule has 2 amide bonds. The molecule has 0 bridgehead atoms. The van der Waals surface area contributed by atoms with Gasteiger partial charge in [-0.15, -0.1) is 0 Å². The number of aromatic amines is 1. The molecular formula is C13H16N4O2. The van der Waals surface area contributed by atoms with Gasteiger partial charge < -0.3 is 10.2 Å². The molecule has 0 aliphatic heterocycles. The molecule has 2 aromatic rings. The van der Waals surface area contributed by atoms with Crippen LogP contribution in [0.25, 0.3) is 10.9 Å². The van der Waals surface area contributed by atoms with E-state index in [2.05, 4.69) is 15.5 Å². The quantitative estimate of drug-likeness (QED) is 0.852. The lowest BCUT2D eigenvalue weighted by atomic mass is 10.1. The largest absolute Gasteiger partial charge is 0.355 e. The first-order valence-electron chi connectivity index (χ1n) is 6.07. The average molecular weight is 260 g/mol. The minimum Gasteiger partial charge on any atom is -0.355 e. The second-order valence-electron chi connectivity index (χ2n) is 4.29. The van der Waals surface area contributed by atoms with Crippen molar-refractivity contribution in [3.05, 3.63) is 30.0 Å². The Morgan fingerprint density at radius 2 is 2.21 bits per heavy atom. The summed E-state index contributed by atoms with van der Waals surface area (Å²) in [5.41, 5.74) is 1.33. The Morgan fingerprint density at radius 1 is 1.42 bits per heavy atom. The van der Waals surface area contributed by atoms with Gasteiger partial charge in [0.1, 0.15) is 0 Å². The van der Waals surface area contributed by atoms with Crippen LogP contribution in [0.1, 0.15) is 17.3 Å². The van der Waals surface area contributed by atoms with E-state index in [4.69, 9.17) is 0 Å². The van der Waals surface area contributed by atoms with Crippen molar-refractivity contribution in [2.24, 2.45) is 0 Å². The second kappa shape index (κ2) is 5.51. The van der Waals surface area contributed by atoms with Gasteiger partial charge in [-0.3, -0.25) is 14.7 Å². The van der Waals surface area contributed by atoms with E-state index in [0.29, 0.717) is 12.1 Å². The van der Waals surface area contributed by atoms with Crippen LogP contribution in [-0.2, 0) is 4.79 Å². The molecule has 0 atom stereocenters. The van der Waals surface area contributed by atoms with Crippen molar-refractivity contribution in [3.8, 4) is 0 Å². The van der Waals surface area contributed by atoms with Gasteiger partial charge in [0.2, 0.25) is 5.91 Å². The zero-order chi connectivity index (χ0) is 13.8. The predicted octanol–water partition coefficient (Wildman–Crippen LogP) is 0.771. The molecule has 0 saturated heterocycles. The van der Waals surface area contributed by atoms with E-state index < -0.39 is 0 Å². The monoisotopic (exact) mass is 260 g/mol. The number of hydrogen-bond acceptors (Lipinski definition) is 3. The van der Waals surface area contributed by atoms with Gasteiger partial charge >= 0.3 is 0 Å². The number of aromatic nitrogens is 2. The van der Waals surface area contributed by atoms with Crippen LogP contribution in [0.5, 0.6) is 0 Å². The molecule has 0 spiro atoms. The smallest absolute Gasteiger partial charge is 0.254 e. The van der Waals surface area contributed by atoms with Crippen LogP contribution in [0, 0.1) is 0 Å². The number of benzene rings is 1. The van der Waals surface area contributed by atoms with Crippen molar-refractivity contribution in [2.45, 2.75) is 6.92 Å². The van der Waals surface area contributed by atoms with Gasteiger partial charge in [-0.2, -0.15) is 5.10 Å². The van der Waals surface area contributed by atoms with E-state index in [0.717, 1.165) is 10.9 Å². The molecule has 0 saturated carbocycles. The van der Waals surface area contributed by atoms with Crippen molar-refractivity contribution in [1.29, 1.82) is 0 Å². The van der Waals surface area contributed by atoms with Crippen LogP contribution >= 0.6 is 0 Å². The van der Waals surface area contributed by atoms with E-state index in [1.807, 2.05) is 13.0 Å². The summed E-state index contributed by atoms with van der Waals surface area (Å²) in [6.45, 7) is 2.44. The van der Waals surface area contributed by atoms with Gasteiger partial charge in [0.25, 0.3) is 5.91 Å². The standard InChI is InChI=1S/C13H16N4O2/c1-3-14-12(18)8-17(2)13(19)9-4-5-10-7-15-16-11(10)6-9/h4-7H,3,8H2,1-2H3,(H,14,18)(H,15,16). The van der Waals surface area contributed by atoms with Crippen molar-refractivity contribution >= 4 is 22.7 Å². The second-order valence-corrected chi connectivity index (χ2v) is 4.29. The summed E-state index contributed by atoms with van der Waals surface area (Å²) < 4.78 is 0. The fourth-order valence-corrected chi connectivity index (χ4v) is 1.83. The summed E-state index contributed by atoms with van der Waals surface area (Å²) in [7, 11) is 1.61. The predicted molar refractivity (Wildman–Crippen MR) is 71.7 cm³/mol. The molecule has 2 rings (SSSR count). The van der Waals surface area contributed by atoms with Crippen molar-refractivity contribution in [2.75, 3.05) is 20.1 Å². The minimum absolute atomic E-state index is 0.0493. The highest BCUT2D eigenvalue weighted by Gasteiger charge is 2.15. The maximum atomic E-state index is 12.2. The Hall–Kier alpha value is -2.37. The first-order valence-corrected chi connectivity index (χ1v) is 6.07. The van der Waals surface area contributed by atoms with Crippen LogP contribution in [0.4, 0.5) is 0 Å². The number of amides is 2. The molecule has 0 fully saturated rings. The molecule has 1 aromatic heterocycles. The molecule has 0 aliphatic carbocycles. The summed E-state index contributed by atoms with van der Waals surface area (Å²) in [5.74, 6) is -0.358. The number of fused-ring (bicyclic) bond motifs is 1. The van der Waals surface area contributed by atoms with E-state index in [-0.39, 0.29) is 18.4 Å². The third-order valence-electron chi connectivity index (χ3n) is 2.79. The maximum absolute atomic E-state index is 12.2. The number of carbonyl (C=O) groups is 2. The fraction of sp³-hybridized carbons (Fsp3) is 0.308. The molecule has 19 heavy (non-hydrogen) atoms. The Morgan fingerprint density at radius 3 is 2.95 bits per heavy atom. The Bertz CT molecular complexity index is 605. The maximum Gasteiger partial charge on any atom is 0.254 e. The molecule has 2 N–H and O–H groups in total. The highest BCUT2D eigenvalue weighted by atomic mass is 16.2. The van der Waals surface area contributed by atoms with Gasteiger partial charge in [0, 0.05) is 24.5 Å². The number of rotatable bonds is 4. The minimum atomic E-state index is -0.192. The van der Waals surface area contributed by atoms with Crippen LogP contribution in [0.15, 0.2) is 24.4 Å². The van der Waals surface area contributed by atoms with Gasteiger partial charge in [-0.1, -0.05) is 6.07 Å². The van der Waals surface area contributed by atoms with Crippen LogP contribution in [0.3, 0.4) is 0 Å². The molecule has 1 aromatic carbocycles. The number of hydrogen-bond donors (Lipinski definition) is 2. The molecule has 0 aliphatic rings. The summed E-state index contributed by atoms with van der Waals surface area (Å²) in [6.07, 6.45) is 1.70. The Kier molecular flexibility index (Phi) is 3.79. The summed E-state index contributed by atoms with van der Waals surface area (Å²) in [6, 6.07) is 5.29. The molecule has 1 heterocycles. The highest BCUT2D eigenvalue weighted by Crippen LogP contribution is 2.13. The highest BCUT2D eigenvalue weighted by molar-refractivity contribution is 5.99. The molecular weight excluding hydrogens is 244 g/mol. The number of nitrogens with one attached hydrogen (secondary N) is 2. The molecule has 0 unspecified atom stereocenters. The Labute approximate surface area is 110 Å². The number of likely N-dealkylation sites (N-methyl/N-ethyl adjacent to an activating group) is 2. The van der Waals surface area contributed by atoms with Crippen LogP contribution in [0.2, 0.25) is 0 Å². The number of nitrogens with zero attached hydrogens (tertiary/aromatic N) is 2. The number of H-pyrrole nitrogens is 1. The third-order valence-corrected chi connectivity index (χ3v) is 2.79. The van der Waals surface area contributed by atoms with Crippen LogP contribution < -0.4 is 5.32 Å². The van der Waals surface area contributed by atoms with Gasteiger partial charge in [0.05, 0.1) is 18.3 Å². The zero-order valence-electron chi connectivity index (χ0n) is 10.9. The van der Waals surface area contributed by atoms with E-state index in [1.165, 1.54) is 4.90 Å². The fourth-order valence-electron chi connectivity index (χ4n) is 1.83. The molecule has 0 radical (unpaired) electrons. The Balaban J connectivity index is 2.11. The van der Waals surface area contributed by atoms with Gasteiger partial charge in [0.15, 0.2) is 0 Å². The lowest BCUT2D eigenvalue weighted by Crippen LogP contribution is -2.38. The van der Waals surface area contributed by atoms with Crippen LogP contribution in [-0.4, -0.2) is 47.0 Å². The van der Waals surface area contributed by atoms with E-state index >= 15 is 0 Å². The normalized spacial score (nSPS) is 10.4. The van der Waals surface area contributed by atoms with E-state index in [9.17, 15) is 9.59 Å². The zero-order valence-corrected chi connectivity index (χ0v) is 10.9. The first kappa shape index (κ1) is 13.1. The topological polar surface area (TPSA) is 78.1 Å². The lowest BCUT2D eigenvalue weighted by molar-refractivity contribution is -0.121. The SMILES string of the molecule is CCNC(=O)CN(C)C(=O)c1ccc2cn[nH]c2c1. The van der Waals surface area contributed by atoms with Crippen molar-refractivity contribution in [1.82, 2.24) is 20.4 Å². The third kappa shape index (κ3) is 2.90. The van der Waals surface area contributed by atoms with Gasteiger partial charge in [-0.05, 0) is 19.1 Å². The van der Waals surface area contributed by atoms with E-state index in [1.54, 1.807) is 25.4 Å². The average Bonchev–Trinajstić information content (AvgIpc) is 2.85. The van der Waals surface area contributed by atoms with Crippen molar-refractivity contribution < 1.29 is 9.59 Å². The summed E-state index contributed by atoms with van der Waals surface area (Å²) in [5, 5.41) is 10.3. The molecule has 100 valence electrons. The number of carbonyl (C=O) groups excluding carboxylic acids is 2. The summed E-state index contributed by atoms with van der Waals surface area (Å²) in [4.78, 5) is 25.0. The summed E-state index contributed by atoms with van der Waals surface area (Å²) >= 11 is 0. The first-order chi connectivity index (χ1) is 9.11. The molecule has 6 nitrogen and oxygen atoms in total. The molecule has 6 heteroatoms.